The van der Waals surface area contributed by atoms with E-state index in [9.17, 15) is 5.11 Å². The van der Waals surface area contributed by atoms with Crippen molar-refractivity contribution in [2.75, 3.05) is 34.4 Å². The van der Waals surface area contributed by atoms with Crippen molar-refractivity contribution in [2.24, 2.45) is 10.9 Å². The summed E-state index contributed by atoms with van der Waals surface area (Å²) in [6.07, 6.45) is -0.734. The number of hydrogen-bond acceptors (Lipinski definition) is 4. The Morgan fingerprint density at radius 2 is 1.83 bits per heavy atom. The number of halogens is 1. The summed E-state index contributed by atoms with van der Waals surface area (Å²) < 4.78 is 10.5. The van der Waals surface area contributed by atoms with Crippen LogP contribution in [-0.4, -0.2) is 45.4 Å². The van der Waals surface area contributed by atoms with E-state index in [2.05, 4.69) is 29.5 Å². The van der Waals surface area contributed by atoms with Gasteiger partial charge in [0.1, 0.15) is 11.5 Å². The fraction of sp³-hybridized carbons (Fsp3) is 0.562. The summed E-state index contributed by atoms with van der Waals surface area (Å²) in [4.78, 5) is 4.13. The van der Waals surface area contributed by atoms with Crippen molar-refractivity contribution < 1.29 is 14.6 Å². The Hall–Kier alpha value is -1.22. The zero-order chi connectivity index (χ0) is 16.5. The van der Waals surface area contributed by atoms with Crippen LogP contribution in [0.2, 0.25) is 0 Å². The molecule has 0 aliphatic rings. The zero-order valence-corrected chi connectivity index (χ0v) is 16.8. The molecular formula is C16H28IN3O3. The fourth-order valence-corrected chi connectivity index (χ4v) is 1.92. The quantitative estimate of drug-likeness (QED) is 0.347. The van der Waals surface area contributed by atoms with Crippen LogP contribution in [0.4, 0.5) is 0 Å². The maximum atomic E-state index is 10.4. The van der Waals surface area contributed by atoms with E-state index in [1.165, 1.54) is 0 Å². The Balaban J connectivity index is 0.00000484. The van der Waals surface area contributed by atoms with Gasteiger partial charge >= 0.3 is 0 Å². The normalized spacial score (nSPS) is 12.4. The maximum Gasteiger partial charge on any atom is 0.191 e. The highest BCUT2D eigenvalue weighted by molar-refractivity contribution is 14.0. The average molecular weight is 437 g/mol. The van der Waals surface area contributed by atoms with Crippen LogP contribution in [0.15, 0.2) is 23.2 Å². The van der Waals surface area contributed by atoms with Crippen LogP contribution in [-0.2, 0) is 0 Å². The molecular weight excluding hydrogens is 409 g/mol. The number of benzene rings is 1. The van der Waals surface area contributed by atoms with E-state index in [4.69, 9.17) is 9.47 Å². The van der Waals surface area contributed by atoms with Gasteiger partial charge in [0, 0.05) is 25.7 Å². The molecule has 0 saturated carbocycles. The van der Waals surface area contributed by atoms with Crippen LogP contribution in [0.25, 0.3) is 0 Å². The average Bonchev–Trinajstić information content (AvgIpc) is 2.53. The van der Waals surface area contributed by atoms with E-state index in [-0.39, 0.29) is 24.0 Å². The van der Waals surface area contributed by atoms with Crippen molar-refractivity contribution in [2.45, 2.75) is 20.0 Å². The van der Waals surface area contributed by atoms with Gasteiger partial charge in [0.25, 0.3) is 0 Å². The lowest BCUT2D eigenvalue weighted by molar-refractivity contribution is 0.176. The summed E-state index contributed by atoms with van der Waals surface area (Å²) in [5.74, 6) is 2.48. The molecule has 0 fully saturated rings. The van der Waals surface area contributed by atoms with E-state index in [1.807, 2.05) is 0 Å². The number of nitrogens with zero attached hydrogens (tertiary/aromatic N) is 1. The van der Waals surface area contributed by atoms with E-state index >= 15 is 0 Å². The van der Waals surface area contributed by atoms with Gasteiger partial charge in [-0.2, -0.15) is 0 Å². The van der Waals surface area contributed by atoms with E-state index in [0.717, 1.165) is 6.54 Å². The zero-order valence-electron chi connectivity index (χ0n) is 14.4. The molecule has 1 rings (SSSR count). The highest BCUT2D eigenvalue weighted by Gasteiger charge is 2.15. The van der Waals surface area contributed by atoms with Crippen molar-refractivity contribution in [1.29, 1.82) is 0 Å². The first-order chi connectivity index (χ1) is 10.5. The third-order valence-electron chi connectivity index (χ3n) is 3.16. The number of guanidine groups is 1. The number of aliphatic hydroxyl groups excluding tert-OH is 1. The summed E-state index contributed by atoms with van der Waals surface area (Å²) in [5, 5.41) is 16.7. The van der Waals surface area contributed by atoms with Crippen molar-refractivity contribution >= 4 is 29.9 Å². The number of aliphatic imine (C=N–C) groups is 1. The van der Waals surface area contributed by atoms with Gasteiger partial charge in [0.2, 0.25) is 0 Å². The van der Waals surface area contributed by atoms with Gasteiger partial charge in [-0.1, -0.05) is 13.8 Å². The fourth-order valence-electron chi connectivity index (χ4n) is 1.92. The summed E-state index contributed by atoms with van der Waals surface area (Å²) in [6, 6.07) is 5.35. The molecule has 0 aromatic heterocycles. The number of aliphatic hydroxyl groups is 1. The number of rotatable bonds is 7. The molecule has 3 N–H and O–H groups in total. The van der Waals surface area contributed by atoms with Gasteiger partial charge in [0.05, 0.1) is 20.3 Å². The molecule has 1 aromatic carbocycles. The first kappa shape index (κ1) is 21.8. The molecule has 7 heteroatoms. The summed E-state index contributed by atoms with van der Waals surface area (Å²) in [7, 11) is 4.87. The van der Waals surface area contributed by atoms with Crippen molar-refractivity contribution in [3.8, 4) is 11.5 Å². The van der Waals surface area contributed by atoms with Crippen LogP contribution < -0.4 is 20.1 Å². The molecule has 1 unspecified atom stereocenters. The molecule has 0 amide bonds. The Bertz CT molecular complexity index is 495. The highest BCUT2D eigenvalue weighted by Crippen LogP contribution is 2.28. The summed E-state index contributed by atoms with van der Waals surface area (Å²) in [5.41, 5.74) is 0.675. The van der Waals surface area contributed by atoms with E-state index in [1.54, 1.807) is 39.5 Å². The van der Waals surface area contributed by atoms with Crippen LogP contribution in [0.5, 0.6) is 11.5 Å². The minimum atomic E-state index is -0.734. The van der Waals surface area contributed by atoms with Crippen LogP contribution in [0, 0.1) is 5.92 Å². The molecule has 0 aliphatic carbocycles. The Morgan fingerprint density at radius 1 is 1.17 bits per heavy atom. The van der Waals surface area contributed by atoms with Gasteiger partial charge in [-0.3, -0.25) is 4.99 Å². The van der Waals surface area contributed by atoms with Gasteiger partial charge in [-0.05, 0) is 24.1 Å². The standard InChI is InChI=1S/C16H27N3O3.HI/c1-11(2)9-18-16(17-3)19-10-14(20)13-8-12(21-4)6-7-15(13)22-5;/h6-8,11,14,20H,9-10H2,1-5H3,(H2,17,18,19);1H. The number of methoxy groups -OCH3 is 2. The van der Waals surface area contributed by atoms with Gasteiger partial charge in [0.15, 0.2) is 5.96 Å². The van der Waals surface area contributed by atoms with Crippen LogP contribution in [0.1, 0.15) is 25.5 Å². The second-order valence-electron chi connectivity index (χ2n) is 5.35. The van der Waals surface area contributed by atoms with Crippen molar-refractivity contribution in [3.63, 3.8) is 0 Å². The van der Waals surface area contributed by atoms with Crippen molar-refractivity contribution in [3.05, 3.63) is 23.8 Å². The lowest BCUT2D eigenvalue weighted by atomic mass is 10.1. The predicted molar refractivity (Wildman–Crippen MR) is 104 cm³/mol. The van der Waals surface area contributed by atoms with Crippen molar-refractivity contribution in [1.82, 2.24) is 10.6 Å². The molecule has 6 nitrogen and oxygen atoms in total. The topological polar surface area (TPSA) is 75.1 Å². The Kier molecular flexibility index (Phi) is 10.7. The number of hydrogen-bond donors (Lipinski definition) is 3. The molecule has 0 spiro atoms. The monoisotopic (exact) mass is 437 g/mol. The Labute approximate surface area is 155 Å². The third-order valence-corrected chi connectivity index (χ3v) is 3.16. The molecule has 1 atom stereocenters. The first-order valence-corrected chi connectivity index (χ1v) is 7.36. The number of nitrogens with one attached hydrogen (secondary N) is 2. The highest BCUT2D eigenvalue weighted by atomic mass is 127. The van der Waals surface area contributed by atoms with Gasteiger partial charge in [-0.15, -0.1) is 24.0 Å². The largest absolute Gasteiger partial charge is 0.497 e. The molecule has 0 bridgehead atoms. The molecule has 0 aliphatic heterocycles. The maximum absolute atomic E-state index is 10.4. The lowest BCUT2D eigenvalue weighted by Crippen LogP contribution is -2.40. The molecule has 0 radical (unpaired) electrons. The van der Waals surface area contributed by atoms with E-state index < -0.39 is 6.10 Å². The van der Waals surface area contributed by atoms with Gasteiger partial charge < -0.3 is 25.2 Å². The molecule has 0 saturated heterocycles. The summed E-state index contributed by atoms with van der Waals surface area (Å²) in [6.45, 7) is 5.38. The van der Waals surface area contributed by atoms with Crippen LogP contribution in [0.3, 0.4) is 0 Å². The molecule has 1 aromatic rings. The van der Waals surface area contributed by atoms with Gasteiger partial charge in [-0.25, -0.2) is 0 Å². The first-order valence-electron chi connectivity index (χ1n) is 7.36. The third kappa shape index (κ3) is 7.26. The number of ether oxygens (including phenoxy) is 2. The molecule has 23 heavy (non-hydrogen) atoms. The smallest absolute Gasteiger partial charge is 0.191 e. The lowest BCUT2D eigenvalue weighted by Gasteiger charge is -2.18. The SMILES string of the molecule is CN=C(NCC(C)C)NCC(O)c1cc(OC)ccc1OC.I. The summed E-state index contributed by atoms with van der Waals surface area (Å²) >= 11 is 0. The molecule has 132 valence electrons. The second kappa shape index (κ2) is 11.3. The van der Waals surface area contributed by atoms with E-state index in [0.29, 0.717) is 35.5 Å². The Morgan fingerprint density at radius 3 is 2.35 bits per heavy atom. The predicted octanol–water partition coefficient (Wildman–Crippen LogP) is 2.18. The minimum absolute atomic E-state index is 0. The molecule has 0 heterocycles. The second-order valence-corrected chi connectivity index (χ2v) is 5.35. The van der Waals surface area contributed by atoms with Crippen LogP contribution >= 0.6 is 24.0 Å². The minimum Gasteiger partial charge on any atom is -0.497 e.